The van der Waals surface area contributed by atoms with Crippen molar-refractivity contribution >= 4 is 16.6 Å². The van der Waals surface area contributed by atoms with E-state index in [1.807, 2.05) is 0 Å². The first-order valence-electron chi connectivity index (χ1n) is 12.1. The summed E-state index contributed by atoms with van der Waals surface area (Å²) in [6.07, 6.45) is -0.308. The van der Waals surface area contributed by atoms with Crippen molar-refractivity contribution in [1.82, 2.24) is 24.0 Å². The van der Waals surface area contributed by atoms with E-state index >= 15 is 0 Å². The molecule has 0 unspecified atom stereocenters. The Balaban J connectivity index is 1.73. The van der Waals surface area contributed by atoms with Crippen LogP contribution in [0.15, 0.2) is 46.5 Å². The molecule has 1 saturated heterocycles. The molecule has 4 aromatic rings. The second kappa shape index (κ2) is 9.84. The number of alkyl halides is 3. The summed E-state index contributed by atoms with van der Waals surface area (Å²) < 4.78 is 64.3. The number of rotatable bonds is 5. The Bertz CT molecular complexity index is 1670. The van der Waals surface area contributed by atoms with Gasteiger partial charge in [0.25, 0.3) is 11.1 Å². The van der Waals surface area contributed by atoms with Crippen molar-refractivity contribution < 1.29 is 22.3 Å². The maximum Gasteiger partial charge on any atom is 0.419 e. The zero-order valence-electron chi connectivity index (χ0n) is 21.3. The molecule has 1 N–H and O–H groups in total. The summed E-state index contributed by atoms with van der Waals surface area (Å²) in [5, 5.41) is 9.26. The minimum Gasteiger partial charge on any atom is -0.378 e. The van der Waals surface area contributed by atoms with Crippen LogP contribution < -0.4 is 21.4 Å². The number of anilines is 1. The highest BCUT2D eigenvalue weighted by molar-refractivity contribution is 5.99. The molecule has 1 aromatic carbocycles. The highest BCUT2D eigenvalue weighted by Gasteiger charge is 2.35. The number of ether oxygens (including phenoxy) is 1. The van der Waals surface area contributed by atoms with Gasteiger partial charge in [0, 0.05) is 32.1 Å². The van der Waals surface area contributed by atoms with Crippen LogP contribution >= 0.6 is 0 Å². The largest absolute Gasteiger partial charge is 0.419 e. The molecule has 1 aliphatic heterocycles. The predicted octanol–water partition coefficient (Wildman–Crippen LogP) is 2.79. The standard InChI is InChI=1S/C25H25F4N7O3/c1-14(15-5-4-6-17(21(15)26)25(27,28)29)31-22-16-11-36(35-7-9-39-10-8-35)24(38)20(18-12-33(2)13-30-18)19(16)23(37)34(3)32-22/h4-6,11-14H,7-10H2,1-3H3,(H,31,32)/t14-/m1/s1. The highest BCUT2D eigenvalue weighted by atomic mass is 19.4. The molecule has 206 valence electrons. The summed E-state index contributed by atoms with van der Waals surface area (Å²) in [6.45, 7) is 3.05. The first-order chi connectivity index (χ1) is 18.5. The van der Waals surface area contributed by atoms with E-state index in [0.717, 1.165) is 10.7 Å². The molecule has 0 spiro atoms. The van der Waals surface area contributed by atoms with Crippen molar-refractivity contribution in [2.75, 3.05) is 36.6 Å². The van der Waals surface area contributed by atoms with Crippen LogP contribution in [-0.4, -0.2) is 50.3 Å². The van der Waals surface area contributed by atoms with Crippen molar-refractivity contribution in [3.63, 3.8) is 0 Å². The predicted molar refractivity (Wildman–Crippen MR) is 136 cm³/mol. The van der Waals surface area contributed by atoms with E-state index in [1.165, 1.54) is 37.2 Å². The molecular weight excluding hydrogens is 522 g/mol. The highest BCUT2D eigenvalue weighted by Crippen LogP contribution is 2.35. The third kappa shape index (κ3) is 4.75. The summed E-state index contributed by atoms with van der Waals surface area (Å²) in [4.78, 5) is 31.4. The van der Waals surface area contributed by atoms with Gasteiger partial charge >= 0.3 is 6.18 Å². The minimum atomic E-state index is -4.87. The van der Waals surface area contributed by atoms with Crippen LogP contribution in [0.5, 0.6) is 0 Å². The summed E-state index contributed by atoms with van der Waals surface area (Å²) in [6, 6.07) is 2.06. The Labute approximate surface area is 219 Å². The molecule has 10 nitrogen and oxygen atoms in total. The number of hydrogen-bond donors (Lipinski definition) is 1. The quantitative estimate of drug-likeness (QED) is 0.384. The molecule has 1 aliphatic rings. The average Bonchev–Trinajstić information content (AvgIpc) is 3.32. The lowest BCUT2D eigenvalue weighted by atomic mass is 10.0. The number of nitrogens with one attached hydrogen (secondary N) is 1. The fraction of sp³-hybridized carbons (Fsp3) is 0.360. The molecular formula is C25H25F4N7O3. The van der Waals surface area contributed by atoms with Gasteiger partial charge in [-0.3, -0.25) is 9.59 Å². The van der Waals surface area contributed by atoms with Gasteiger partial charge < -0.3 is 19.6 Å². The third-order valence-corrected chi connectivity index (χ3v) is 6.61. The van der Waals surface area contributed by atoms with Crippen LogP contribution in [0.4, 0.5) is 23.4 Å². The van der Waals surface area contributed by atoms with Crippen LogP contribution in [0.2, 0.25) is 0 Å². The Morgan fingerprint density at radius 3 is 2.44 bits per heavy atom. The van der Waals surface area contributed by atoms with E-state index < -0.39 is 34.7 Å². The maximum absolute atomic E-state index is 14.9. The van der Waals surface area contributed by atoms with Gasteiger partial charge in [-0.05, 0) is 13.0 Å². The second-order valence-corrected chi connectivity index (χ2v) is 9.28. The van der Waals surface area contributed by atoms with Crippen molar-refractivity contribution in [2.45, 2.75) is 19.1 Å². The molecule has 1 atom stereocenters. The van der Waals surface area contributed by atoms with Gasteiger partial charge in [-0.25, -0.2) is 18.7 Å². The Morgan fingerprint density at radius 2 is 1.79 bits per heavy atom. The van der Waals surface area contributed by atoms with Gasteiger partial charge in [-0.1, -0.05) is 12.1 Å². The maximum atomic E-state index is 14.9. The van der Waals surface area contributed by atoms with Crippen LogP contribution in [0.3, 0.4) is 0 Å². The van der Waals surface area contributed by atoms with E-state index in [2.05, 4.69) is 15.4 Å². The number of aryl methyl sites for hydroxylation is 2. The molecule has 3 aromatic heterocycles. The number of benzene rings is 1. The van der Waals surface area contributed by atoms with Gasteiger partial charge in [0.1, 0.15) is 5.82 Å². The van der Waals surface area contributed by atoms with Gasteiger partial charge in [-0.2, -0.15) is 18.3 Å². The van der Waals surface area contributed by atoms with Crippen LogP contribution in [0, 0.1) is 5.82 Å². The number of halogens is 4. The molecule has 14 heteroatoms. The van der Waals surface area contributed by atoms with Crippen LogP contribution in [0.25, 0.3) is 22.0 Å². The monoisotopic (exact) mass is 547 g/mol. The van der Waals surface area contributed by atoms with Crippen LogP contribution in [-0.2, 0) is 25.0 Å². The molecule has 5 rings (SSSR count). The van der Waals surface area contributed by atoms with Crippen molar-refractivity contribution in [2.24, 2.45) is 14.1 Å². The molecule has 1 fully saturated rings. The lowest BCUT2D eigenvalue weighted by molar-refractivity contribution is -0.140. The molecule has 0 saturated carbocycles. The van der Waals surface area contributed by atoms with E-state index in [0.29, 0.717) is 32.4 Å². The SMILES string of the molecule is C[C@@H](Nc1nn(C)c(=O)c2c(-c3cn(C)cn3)c(=O)n(N3CCOCC3)cc12)c1cccc(C(F)(F)F)c1F. The van der Waals surface area contributed by atoms with E-state index in [9.17, 15) is 27.2 Å². The topological polar surface area (TPSA) is 99.2 Å². The third-order valence-electron chi connectivity index (χ3n) is 6.61. The Morgan fingerprint density at radius 1 is 1.08 bits per heavy atom. The zero-order chi connectivity index (χ0) is 28.1. The number of imidazole rings is 1. The first-order valence-corrected chi connectivity index (χ1v) is 12.1. The normalized spacial score (nSPS) is 15.1. The van der Waals surface area contributed by atoms with Crippen LogP contribution in [0.1, 0.15) is 24.1 Å². The van der Waals surface area contributed by atoms with Gasteiger partial charge in [0.05, 0.1) is 66.3 Å². The molecule has 39 heavy (non-hydrogen) atoms. The van der Waals surface area contributed by atoms with Crippen molar-refractivity contribution in [1.29, 1.82) is 0 Å². The molecule has 0 radical (unpaired) electrons. The van der Waals surface area contributed by atoms with Crippen molar-refractivity contribution in [3.05, 3.63) is 74.6 Å². The number of fused-ring (bicyclic) bond motifs is 1. The fourth-order valence-electron chi connectivity index (χ4n) is 4.67. The Hall–Kier alpha value is -4.20. The first kappa shape index (κ1) is 26.4. The van der Waals surface area contributed by atoms with Gasteiger partial charge in [0.15, 0.2) is 5.82 Å². The van der Waals surface area contributed by atoms with Crippen molar-refractivity contribution in [3.8, 4) is 11.3 Å². The zero-order valence-corrected chi connectivity index (χ0v) is 21.3. The number of aromatic nitrogens is 5. The molecule has 0 amide bonds. The lowest BCUT2D eigenvalue weighted by Gasteiger charge is -2.31. The summed E-state index contributed by atoms with van der Waals surface area (Å²) >= 11 is 0. The summed E-state index contributed by atoms with van der Waals surface area (Å²) in [5.41, 5.74) is -2.36. The number of pyridine rings is 1. The second-order valence-electron chi connectivity index (χ2n) is 9.28. The molecule has 0 bridgehead atoms. The lowest BCUT2D eigenvalue weighted by Crippen LogP contribution is -2.49. The summed E-state index contributed by atoms with van der Waals surface area (Å²) in [7, 11) is 3.11. The smallest absolute Gasteiger partial charge is 0.378 e. The number of morpholine rings is 1. The number of hydrogen-bond acceptors (Lipinski definition) is 7. The fourth-order valence-corrected chi connectivity index (χ4v) is 4.67. The van der Waals surface area contributed by atoms with E-state index in [4.69, 9.17) is 4.74 Å². The molecule has 4 heterocycles. The summed E-state index contributed by atoms with van der Waals surface area (Å²) in [5.74, 6) is -1.32. The van der Waals surface area contributed by atoms with E-state index in [-0.39, 0.29) is 33.4 Å². The Kier molecular flexibility index (Phi) is 6.66. The molecule has 0 aliphatic carbocycles. The average molecular weight is 548 g/mol. The van der Waals surface area contributed by atoms with E-state index in [1.54, 1.807) is 22.8 Å². The van der Waals surface area contributed by atoms with Gasteiger partial charge in [-0.15, -0.1) is 0 Å². The number of nitrogens with zero attached hydrogens (tertiary/aromatic N) is 6. The van der Waals surface area contributed by atoms with Gasteiger partial charge in [0.2, 0.25) is 0 Å². The minimum absolute atomic E-state index is 0.0277.